The molecular weight excluding hydrogens is 378 g/mol. The van der Waals surface area contributed by atoms with Gasteiger partial charge < -0.3 is 14.4 Å². The summed E-state index contributed by atoms with van der Waals surface area (Å²) in [6.07, 6.45) is 8.04. The first kappa shape index (κ1) is 20.9. The Bertz CT molecular complexity index is 847. The lowest BCUT2D eigenvalue weighted by Crippen LogP contribution is -2.41. The fourth-order valence-corrected chi connectivity index (χ4v) is 4.38. The van der Waals surface area contributed by atoms with Crippen LogP contribution in [-0.4, -0.2) is 39.5 Å². The molecule has 30 heavy (non-hydrogen) atoms. The number of nitrogens with zero attached hydrogens (tertiary/aromatic N) is 3. The summed E-state index contributed by atoms with van der Waals surface area (Å²) < 4.78 is 13.6. The molecule has 2 aliphatic heterocycles. The summed E-state index contributed by atoms with van der Waals surface area (Å²) in [7, 11) is 0. The highest BCUT2D eigenvalue weighted by Crippen LogP contribution is 2.34. The Kier molecular flexibility index (Phi) is 6.14. The van der Waals surface area contributed by atoms with Gasteiger partial charge in [-0.05, 0) is 76.5 Å². The molecule has 1 amide bonds. The van der Waals surface area contributed by atoms with Crippen molar-refractivity contribution in [3.63, 3.8) is 0 Å². The number of benzene rings is 1. The summed E-state index contributed by atoms with van der Waals surface area (Å²) in [6.45, 7) is 7.28. The molecule has 4 rings (SSSR count). The zero-order chi connectivity index (χ0) is 21.1. The van der Waals surface area contributed by atoms with E-state index in [0.717, 1.165) is 62.1 Å². The normalized spacial score (nSPS) is 22.7. The van der Waals surface area contributed by atoms with Crippen molar-refractivity contribution in [2.75, 3.05) is 13.2 Å². The quantitative estimate of drug-likeness (QED) is 0.649. The average molecular weight is 412 g/mol. The third-order valence-corrected chi connectivity index (χ3v) is 5.82. The Labute approximate surface area is 179 Å². The summed E-state index contributed by atoms with van der Waals surface area (Å²) >= 11 is 0. The lowest BCUT2D eigenvalue weighted by Gasteiger charge is -2.37. The molecular formula is C24H33N3O3. The van der Waals surface area contributed by atoms with E-state index >= 15 is 0 Å². The van der Waals surface area contributed by atoms with Crippen LogP contribution in [0.2, 0.25) is 0 Å². The van der Waals surface area contributed by atoms with Crippen molar-refractivity contribution in [1.82, 2.24) is 14.7 Å². The summed E-state index contributed by atoms with van der Waals surface area (Å²) in [5, 5.41) is 4.52. The lowest BCUT2D eigenvalue weighted by atomic mass is 9.94. The molecule has 2 aliphatic rings. The number of amides is 1. The zero-order valence-electron chi connectivity index (χ0n) is 18.3. The Hall–Kier alpha value is -2.34. The average Bonchev–Trinajstić information content (AvgIpc) is 3.23. The van der Waals surface area contributed by atoms with Crippen LogP contribution in [0.25, 0.3) is 11.3 Å². The molecule has 6 nitrogen and oxygen atoms in total. The van der Waals surface area contributed by atoms with E-state index in [4.69, 9.17) is 9.47 Å². The van der Waals surface area contributed by atoms with Gasteiger partial charge in [-0.3, -0.25) is 0 Å². The molecule has 2 aromatic rings. The van der Waals surface area contributed by atoms with E-state index in [1.807, 2.05) is 42.6 Å². The number of likely N-dealkylation sites (tertiary alicyclic amines) is 1. The van der Waals surface area contributed by atoms with E-state index in [2.05, 4.69) is 29.4 Å². The van der Waals surface area contributed by atoms with Crippen molar-refractivity contribution in [3.8, 4) is 11.3 Å². The zero-order valence-corrected chi connectivity index (χ0v) is 18.3. The second-order valence-electron chi connectivity index (χ2n) is 9.29. The Morgan fingerprint density at radius 3 is 2.53 bits per heavy atom. The van der Waals surface area contributed by atoms with Crippen molar-refractivity contribution in [2.45, 2.75) is 77.2 Å². The molecule has 0 N–H and O–H groups in total. The minimum Gasteiger partial charge on any atom is -0.444 e. The third-order valence-electron chi connectivity index (χ3n) is 5.82. The molecule has 2 saturated heterocycles. The second-order valence-corrected chi connectivity index (χ2v) is 9.29. The number of carbonyl (C=O) groups is 1. The minimum absolute atomic E-state index is 0.0180. The van der Waals surface area contributed by atoms with E-state index in [0.29, 0.717) is 0 Å². The van der Waals surface area contributed by atoms with Crippen molar-refractivity contribution in [1.29, 1.82) is 0 Å². The predicted molar refractivity (Wildman–Crippen MR) is 116 cm³/mol. The van der Waals surface area contributed by atoms with Gasteiger partial charge in [-0.2, -0.15) is 5.10 Å². The summed E-state index contributed by atoms with van der Waals surface area (Å²) in [6, 6.07) is 10.7. The van der Waals surface area contributed by atoms with Crippen LogP contribution in [0, 0.1) is 0 Å². The molecule has 0 bridgehead atoms. The first-order valence-electron chi connectivity index (χ1n) is 11.2. The molecule has 162 valence electrons. The Morgan fingerprint density at radius 2 is 1.83 bits per heavy atom. The highest BCUT2D eigenvalue weighted by Gasteiger charge is 2.31. The van der Waals surface area contributed by atoms with Crippen LogP contribution in [0.5, 0.6) is 0 Å². The maximum atomic E-state index is 12.7. The Morgan fingerprint density at radius 1 is 1.07 bits per heavy atom. The van der Waals surface area contributed by atoms with Crippen LogP contribution in [0.1, 0.15) is 77.1 Å². The summed E-state index contributed by atoms with van der Waals surface area (Å²) in [4.78, 5) is 14.6. The molecule has 1 aromatic carbocycles. The SMILES string of the molecule is CC(C)(C)OC(=O)N1CCCC[C@H]1c1ccc(-c2ccnn2C2CCCCO2)cc1. The highest BCUT2D eigenvalue weighted by molar-refractivity contribution is 5.69. The van der Waals surface area contributed by atoms with Crippen molar-refractivity contribution in [3.05, 3.63) is 42.1 Å². The number of rotatable bonds is 3. The minimum atomic E-state index is -0.484. The fourth-order valence-electron chi connectivity index (χ4n) is 4.38. The molecule has 0 aliphatic carbocycles. The van der Waals surface area contributed by atoms with Gasteiger partial charge in [0, 0.05) is 19.3 Å². The number of aromatic nitrogens is 2. The molecule has 0 spiro atoms. The number of piperidine rings is 1. The van der Waals surface area contributed by atoms with Gasteiger partial charge in [0.25, 0.3) is 0 Å². The van der Waals surface area contributed by atoms with Crippen LogP contribution < -0.4 is 0 Å². The number of hydrogen-bond donors (Lipinski definition) is 0. The van der Waals surface area contributed by atoms with Gasteiger partial charge in [-0.1, -0.05) is 24.3 Å². The fraction of sp³-hybridized carbons (Fsp3) is 0.583. The summed E-state index contributed by atoms with van der Waals surface area (Å²) in [5.74, 6) is 0. The maximum absolute atomic E-state index is 12.7. The Balaban J connectivity index is 1.53. The first-order chi connectivity index (χ1) is 14.4. The van der Waals surface area contributed by atoms with E-state index in [1.54, 1.807) is 0 Å². The van der Waals surface area contributed by atoms with Gasteiger partial charge >= 0.3 is 6.09 Å². The highest BCUT2D eigenvalue weighted by atomic mass is 16.6. The number of carbonyl (C=O) groups excluding carboxylic acids is 1. The van der Waals surface area contributed by atoms with E-state index in [-0.39, 0.29) is 18.4 Å². The van der Waals surface area contributed by atoms with E-state index in [1.165, 1.54) is 6.42 Å². The van der Waals surface area contributed by atoms with Gasteiger partial charge in [0.2, 0.25) is 0 Å². The molecule has 1 aromatic heterocycles. The van der Waals surface area contributed by atoms with E-state index < -0.39 is 5.60 Å². The van der Waals surface area contributed by atoms with Gasteiger partial charge in [-0.25, -0.2) is 9.48 Å². The molecule has 3 heterocycles. The molecule has 2 atom stereocenters. The number of hydrogen-bond acceptors (Lipinski definition) is 4. The van der Waals surface area contributed by atoms with Crippen LogP contribution in [-0.2, 0) is 9.47 Å². The van der Waals surface area contributed by atoms with E-state index in [9.17, 15) is 4.79 Å². The largest absolute Gasteiger partial charge is 0.444 e. The maximum Gasteiger partial charge on any atom is 0.410 e. The van der Waals surface area contributed by atoms with Gasteiger partial charge in [0.05, 0.1) is 11.7 Å². The van der Waals surface area contributed by atoms with Crippen molar-refractivity contribution >= 4 is 6.09 Å². The van der Waals surface area contributed by atoms with Crippen LogP contribution in [0.3, 0.4) is 0 Å². The first-order valence-corrected chi connectivity index (χ1v) is 11.2. The second kappa shape index (κ2) is 8.80. The predicted octanol–water partition coefficient (Wildman–Crippen LogP) is 5.71. The van der Waals surface area contributed by atoms with Gasteiger partial charge in [0.15, 0.2) is 6.23 Å². The van der Waals surface area contributed by atoms with Crippen molar-refractivity contribution < 1.29 is 14.3 Å². The van der Waals surface area contributed by atoms with Crippen molar-refractivity contribution in [2.24, 2.45) is 0 Å². The monoisotopic (exact) mass is 411 g/mol. The van der Waals surface area contributed by atoms with Gasteiger partial charge in [-0.15, -0.1) is 0 Å². The van der Waals surface area contributed by atoms with Crippen LogP contribution in [0.4, 0.5) is 4.79 Å². The summed E-state index contributed by atoms with van der Waals surface area (Å²) in [5.41, 5.74) is 2.86. The topological polar surface area (TPSA) is 56.6 Å². The van der Waals surface area contributed by atoms with Gasteiger partial charge in [0.1, 0.15) is 5.60 Å². The molecule has 2 fully saturated rings. The third kappa shape index (κ3) is 4.69. The molecule has 0 radical (unpaired) electrons. The van der Waals surface area contributed by atoms with Crippen LogP contribution in [0.15, 0.2) is 36.5 Å². The smallest absolute Gasteiger partial charge is 0.410 e. The van der Waals surface area contributed by atoms with Crippen LogP contribution >= 0.6 is 0 Å². The molecule has 6 heteroatoms. The number of ether oxygens (including phenoxy) is 2. The standard InChI is InChI=1S/C24H33N3O3/c1-24(2,3)30-23(28)26-16-6-4-8-20(26)18-10-12-19(13-11-18)21-14-15-25-27(21)22-9-5-7-17-29-22/h10-15,20,22H,4-9,16-17H2,1-3H3/t20-,22?/m0/s1. The molecule has 0 saturated carbocycles. The lowest BCUT2D eigenvalue weighted by molar-refractivity contribution is -0.0383. The molecule has 1 unspecified atom stereocenters.